The summed E-state index contributed by atoms with van der Waals surface area (Å²) in [7, 11) is -3.67. The normalized spacial score (nSPS) is 11.3. The van der Waals surface area contributed by atoms with E-state index < -0.39 is 22.5 Å². The van der Waals surface area contributed by atoms with Crippen molar-refractivity contribution >= 4 is 33.7 Å². The summed E-state index contributed by atoms with van der Waals surface area (Å²) in [4.78, 5) is 24.2. The van der Waals surface area contributed by atoms with Gasteiger partial charge in [-0.05, 0) is 66.1 Å². The average Bonchev–Trinajstić information content (AvgIpc) is 3.39. The number of hydrogen-bond acceptors (Lipinski definition) is 7. The van der Waals surface area contributed by atoms with Crippen LogP contribution in [-0.2, 0) is 32.6 Å². The van der Waals surface area contributed by atoms with E-state index >= 15 is 0 Å². The first-order chi connectivity index (χ1) is 17.2. The number of carbonyl (C=O) groups excluding carboxylic acids is 2. The van der Waals surface area contributed by atoms with Crippen LogP contribution >= 0.6 is 0 Å². The van der Waals surface area contributed by atoms with Crippen molar-refractivity contribution in [3.05, 3.63) is 83.8 Å². The predicted octanol–water partition coefficient (Wildman–Crippen LogP) is 2.45. The fraction of sp³-hybridized carbons (Fsp3) is 0.240. The molecule has 0 aliphatic rings. The van der Waals surface area contributed by atoms with Crippen molar-refractivity contribution in [2.45, 2.75) is 19.9 Å². The molecular formula is C25H28N4O6S. The van der Waals surface area contributed by atoms with Crippen LogP contribution in [0.2, 0.25) is 0 Å². The molecule has 2 N–H and O–H groups in total. The largest absolute Gasteiger partial charge is 0.484 e. The third-order valence-corrected chi connectivity index (χ3v) is 6.15. The minimum Gasteiger partial charge on any atom is -0.484 e. The summed E-state index contributed by atoms with van der Waals surface area (Å²) < 4.78 is 36.0. The molecule has 190 valence electrons. The number of anilines is 1. The molecular weight excluding hydrogens is 484 g/mol. The molecule has 11 heteroatoms. The van der Waals surface area contributed by atoms with Gasteiger partial charge in [0.25, 0.3) is 11.8 Å². The van der Waals surface area contributed by atoms with Gasteiger partial charge in [-0.3, -0.25) is 13.9 Å². The summed E-state index contributed by atoms with van der Waals surface area (Å²) in [6, 6.07) is 17.2. The number of benzene rings is 2. The minimum atomic E-state index is -3.67. The van der Waals surface area contributed by atoms with Gasteiger partial charge in [0.15, 0.2) is 6.61 Å². The molecule has 0 unspecified atom stereocenters. The third kappa shape index (κ3) is 8.27. The molecule has 0 saturated heterocycles. The van der Waals surface area contributed by atoms with E-state index in [1.165, 1.54) is 12.5 Å². The second-order valence-corrected chi connectivity index (χ2v) is 9.70. The molecule has 0 fully saturated rings. The highest BCUT2D eigenvalue weighted by atomic mass is 32.2. The number of amides is 2. The van der Waals surface area contributed by atoms with Gasteiger partial charge in [-0.15, -0.1) is 0 Å². The SMILES string of the molecule is CCc1ccc(N(CC(=O)N/N=C\c2ccc(OCC(=O)NCc3ccco3)cc2)S(C)(=O)=O)cc1. The smallest absolute Gasteiger partial charge is 0.260 e. The van der Waals surface area contributed by atoms with Crippen LogP contribution in [-0.4, -0.2) is 45.9 Å². The summed E-state index contributed by atoms with van der Waals surface area (Å²) >= 11 is 0. The number of aryl methyl sites for hydroxylation is 1. The van der Waals surface area contributed by atoms with E-state index in [-0.39, 0.29) is 19.1 Å². The van der Waals surface area contributed by atoms with Crippen LogP contribution < -0.4 is 19.8 Å². The standard InChI is InChI=1S/C25H28N4O6S/c1-3-19-6-10-21(11-7-19)29(36(2,32)33)17-24(30)28-27-15-20-8-12-22(13-9-20)35-18-25(31)26-16-23-5-4-14-34-23/h4-15H,3,16-18H2,1-2H3,(H,26,31)(H,28,30)/b27-15-. The third-order valence-electron chi connectivity index (χ3n) is 5.01. The molecule has 0 atom stereocenters. The Morgan fingerprint density at radius 2 is 1.78 bits per heavy atom. The highest BCUT2D eigenvalue weighted by molar-refractivity contribution is 7.92. The number of hydrogen-bond donors (Lipinski definition) is 2. The molecule has 2 amide bonds. The van der Waals surface area contributed by atoms with Crippen LogP contribution in [0.1, 0.15) is 23.8 Å². The Bertz CT molecular complexity index is 1270. The van der Waals surface area contributed by atoms with Gasteiger partial charge in [0.05, 0.1) is 31.0 Å². The van der Waals surface area contributed by atoms with Crippen molar-refractivity contribution in [1.29, 1.82) is 0 Å². The van der Waals surface area contributed by atoms with Crippen molar-refractivity contribution in [2.24, 2.45) is 5.10 Å². The zero-order valence-electron chi connectivity index (χ0n) is 20.0. The number of rotatable bonds is 12. The van der Waals surface area contributed by atoms with Crippen LogP contribution in [0, 0.1) is 0 Å². The first-order valence-electron chi connectivity index (χ1n) is 11.1. The molecule has 1 aromatic heterocycles. The Balaban J connectivity index is 1.47. The van der Waals surface area contributed by atoms with Gasteiger partial charge in [-0.25, -0.2) is 13.8 Å². The summed E-state index contributed by atoms with van der Waals surface area (Å²) in [6.07, 6.45) is 4.82. The van der Waals surface area contributed by atoms with E-state index in [1.807, 2.05) is 19.1 Å². The van der Waals surface area contributed by atoms with Gasteiger partial charge in [0, 0.05) is 0 Å². The van der Waals surface area contributed by atoms with E-state index in [0.29, 0.717) is 22.8 Å². The van der Waals surface area contributed by atoms with Crippen molar-refractivity contribution in [3.8, 4) is 5.75 Å². The maximum Gasteiger partial charge on any atom is 0.260 e. The van der Waals surface area contributed by atoms with E-state index in [0.717, 1.165) is 22.5 Å². The average molecular weight is 513 g/mol. The summed E-state index contributed by atoms with van der Waals surface area (Å²) in [5.41, 5.74) is 4.47. The van der Waals surface area contributed by atoms with Crippen molar-refractivity contribution in [1.82, 2.24) is 10.7 Å². The molecule has 0 saturated carbocycles. The van der Waals surface area contributed by atoms with Gasteiger partial charge in [-0.1, -0.05) is 19.1 Å². The lowest BCUT2D eigenvalue weighted by Crippen LogP contribution is -2.39. The second-order valence-electron chi connectivity index (χ2n) is 7.80. The zero-order valence-corrected chi connectivity index (χ0v) is 20.8. The highest BCUT2D eigenvalue weighted by Gasteiger charge is 2.20. The molecule has 2 aromatic carbocycles. The van der Waals surface area contributed by atoms with E-state index in [1.54, 1.807) is 48.5 Å². The molecule has 0 radical (unpaired) electrons. The summed E-state index contributed by atoms with van der Waals surface area (Å²) in [5, 5.41) is 6.57. The van der Waals surface area contributed by atoms with Gasteiger partial charge in [0.2, 0.25) is 10.0 Å². The van der Waals surface area contributed by atoms with Gasteiger partial charge >= 0.3 is 0 Å². The molecule has 0 aliphatic carbocycles. The number of ether oxygens (including phenoxy) is 1. The fourth-order valence-electron chi connectivity index (χ4n) is 3.09. The number of nitrogens with one attached hydrogen (secondary N) is 2. The molecule has 1 heterocycles. The number of furan rings is 1. The number of hydrazone groups is 1. The minimum absolute atomic E-state index is 0.151. The molecule has 0 aliphatic heterocycles. The van der Waals surface area contributed by atoms with Gasteiger partial charge in [-0.2, -0.15) is 5.10 Å². The molecule has 36 heavy (non-hydrogen) atoms. The molecule has 0 bridgehead atoms. The highest BCUT2D eigenvalue weighted by Crippen LogP contribution is 2.18. The molecule has 3 aromatic rings. The topological polar surface area (TPSA) is 130 Å². The molecule has 3 rings (SSSR count). The monoisotopic (exact) mass is 512 g/mol. The Hall–Kier alpha value is -4.12. The predicted molar refractivity (Wildman–Crippen MR) is 136 cm³/mol. The Labute approximate surface area is 210 Å². The summed E-state index contributed by atoms with van der Waals surface area (Å²) in [5.74, 6) is 0.261. The van der Waals surface area contributed by atoms with Crippen LogP contribution in [0.25, 0.3) is 0 Å². The maximum atomic E-state index is 12.3. The van der Waals surface area contributed by atoms with E-state index in [2.05, 4.69) is 15.8 Å². The van der Waals surface area contributed by atoms with Crippen molar-refractivity contribution in [2.75, 3.05) is 23.7 Å². The maximum absolute atomic E-state index is 12.3. The Kier molecular flexibility index (Phi) is 9.23. The van der Waals surface area contributed by atoms with Crippen LogP contribution in [0.3, 0.4) is 0 Å². The summed E-state index contributed by atoms with van der Waals surface area (Å²) in [6.45, 7) is 1.72. The van der Waals surface area contributed by atoms with Crippen LogP contribution in [0.4, 0.5) is 5.69 Å². The molecule has 0 spiro atoms. The Morgan fingerprint density at radius 3 is 2.39 bits per heavy atom. The van der Waals surface area contributed by atoms with E-state index in [9.17, 15) is 18.0 Å². The first kappa shape index (κ1) is 26.5. The van der Waals surface area contributed by atoms with Crippen LogP contribution in [0.15, 0.2) is 76.4 Å². The van der Waals surface area contributed by atoms with Crippen LogP contribution in [0.5, 0.6) is 5.75 Å². The van der Waals surface area contributed by atoms with Crippen molar-refractivity contribution in [3.63, 3.8) is 0 Å². The van der Waals surface area contributed by atoms with E-state index in [4.69, 9.17) is 9.15 Å². The first-order valence-corrected chi connectivity index (χ1v) is 13.0. The quantitative estimate of drug-likeness (QED) is 0.283. The van der Waals surface area contributed by atoms with Crippen molar-refractivity contribution < 1.29 is 27.2 Å². The van der Waals surface area contributed by atoms with Gasteiger partial charge < -0.3 is 14.5 Å². The Morgan fingerprint density at radius 1 is 1.06 bits per heavy atom. The second kappa shape index (κ2) is 12.5. The van der Waals surface area contributed by atoms with Gasteiger partial charge in [0.1, 0.15) is 18.1 Å². The fourth-order valence-corrected chi connectivity index (χ4v) is 3.95. The number of nitrogens with zero attached hydrogens (tertiary/aromatic N) is 2. The zero-order chi connectivity index (χ0) is 26.0. The molecule has 10 nitrogen and oxygen atoms in total. The lowest BCUT2D eigenvalue weighted by Gasteiger charge is -2.21. The number of sulfonamides is 1. The lowest BCUT2D eigenvalue weighted by molar-refractivity contribution is -0.123. The number of carbonyl (C=O) groups is 2. The lowest BCUT2D eigenvalue weighted by atomic mass is 10.1.